The number of hydrogen-bond donors (Lipinski definition) is 2. The third-order valence-corrected chi connectivity index (χ3v) is 6.53. The van der Waals surface area contributed by atoms with Crippen LogP contribution in [0.1, 0.15) is 26.7 Å². The summed E-state index contributed by atoms with van der Waals surface area (Å²) in [5, 5.41) is 19.2. The lowest BCUT2D eigenvalue weighted by molar-refractivity contribution is -0.298. The van der Waals surface area contributed by atoms with E-state index in [2.05, 4.69) is 0 Å². The van der Waals surface area contributed by atoms with Crippen molar-refractivity contribution < 1.29 is 34.0 Å². The van der Waals surface area contributed by atoms with Crippen molar-refractivity contribution in [3.8, 4) is 0 Å². The third kappa shape index (κ3) is 3.85. The second-order valence-corrected chi connectivity index (χ2v) is 7.16. The first-order valence-electron chi connectivity index (χ1n) is 7.04. The van der Waals surface area contributed by atoms with E-state index in [0.29, 0.717) is 0 Å². The SMILES string of the molecule is CCC(C(=O)O)[C@@](CC)(C(=O)O)N(C)[SiH2]C(OC)(OC)OC. The molecule has 130 valence electrons. The Balaban J connectivity index is 5.80. The van der Waals surface area contributed by atoms with E-state index >= 15 is 0 Å². The van der Waals surface area contributed by atoms with Crippen LogP contribution < -0.4 is 0 Å². The molecule has 0 aromatic carbocycles. The maximum atomic E-state index is 11.9. The first-order valence-corrected chi connectivity index (χ1v) is 8.38. The Morgan fingerprint density at radius 1 is 1.14 bits per heavy atom. The summed E-state index contributed by atoms with van der Waals surface area (Å²) in [6.45, 7) is 3.33. The lowest BCUT2D eigenvalue weighted by Gasteiger charge is -2.44. The topological polar surface area (TPSA) is 106 Å². The predicted octanol–water partition coefficient (Wildman–Crippen LogP) is -0.103. The number of likely N-dealkylation sites (N-methyl/N-ethyl adjacent to an activating group) is 1. The van der Waals surface area contributed by atoms with Gasteiger partial charge in [0, 0.05) is 21.3 Å². The number of carboxylic acids is 2. The van der Waals surface area contributed by atoms with E-state index in [1.54, 1.807) is 25.5 Å². The molecular weight excluding hydrogens is 310 g/mol. The molecule has 0 heterocycles. The van der Waals surface area contributed by atoms with E-state index in [9.17, 15) is 19.8 Å². The summed E-state index contributed by atoms with van der Waals surface area (Å²) in [6.07, 6.45) is 0.345. The van der Waals surface area contributed by atoms with Gasteiger partial charge in [0.1, 0.15) is 5.54 Å². The Kier molecular flexibility index (Phi) is 8.19. The Hall–Kier alpha value is -1.00. The first kappa shape index (κ1) is 21.0. The highest BCUT2D eigenvalue weighted by molar-refractivity contribution is 6.35. The van der Waals surface area contributed by atoms with E-state index in [4.69, 9.17) is 14.2 Å². The maximum Gasteiger partial charge on any atom is 0.324 e. The van der Waals surface area contributed by atoms with Gasteiger partial charge in [-0.25, -0.2) is 0 Å². The molecule has 2 atom stereocenters. The Morgan fingerprint density at radius 2 is 1.59 bits per heavy atom. The standard InChI is InChI=1S/C13H27NO7Si/c1-7-9(10(15)16)12(8-2,11(17)18)14(3)22-13(19-4,20-5)21-6/h9H,7-8,22H2,1-6H3,(H,15,16)(H,17,18)/t9?,12-/m0/s1. The molecule has 22 heavy (non-hydrogen) atoms. The summed E-state index contributed by atoms with van der Waals surface area (Å²) in [7, 11) is 4.21. The summed E-state index contributed by atoms with van der Waals surface area (Å²) in [4.78, 5) is 23.5. The molecule has 0 rings (SSSR count). The number of aliphatic carboxylic acids is 2. The lowest BCUT2D eigenvalue weighted by Crippen LogP contribution is -2.65. The van der Waals surface area contributed by atoms with Crippen LogP contribution in [0.5, 0.6) is 0 Å². The smallest absolute Gasteiger partial charge is 0.324 e. The van der Waals surface area contributed by atoms with Crippen molar-refractivity contribution in [1.82, 2.24) is 4.57 Å². The van der Waals surface area contributed by atoms with E-state index in [1.165, 1.54) is 21.3 Å². The van der Waals surface area contributed by atoms with Crippen LogP contribution in [0.2, 0.25) is 0 Å². The van der Waals surface area contributed by atoms with E-state index in [0.717, 1.165) is 0 Å². The van der Waals surface area contributed by atoms with Gasteiger partial charge < -0.3 is 29.0 Å². The third-order valence-electron chi connectivity index (χ3n) is 4.24. The summed E-state index contributed by atoms with van der Waals surface area (Å²) in [5.41, 5.74) is -2.87. The normalized spacial score (nSPS) is 16.9. The Labute approximate surface area is 133 Å². The van der Waals surface area contributed by atoms with Gasteiger partial charge in [0.2, 0.25) is 9.68 Å². The molecule has 2 N–H and O–H groups in total. The Bertz CT molecular complexity index is 380. The van der Waals surface area contributed by atoms with Crippen molar-refractivity contribution in [2.75, 3.05) is 28.4 Å². The van der Waals surface area contributed by atoms with Gasteiger partial charge in [-0.2, -0.15) is 0 Å². The molecule has 0 saturated carbocycles. The number of ether oxygens (including phenoxy) is 3. The predicted molar refractivity (Wildman–Crippen MR) is 82.1 cm³/mol. The summed E-state index contributed by atoms with van der Waals surface area (Å²) >= 11 is 0. The molecule has 0 fully saturated rings. The van der Waals surface area contributed by atoms with Crippen LogP contribution in [0.3, 0.4) is 0 Å². The Morgan fingerprint density at radius 3 is 1.82 bits per heavy atom. The van der Waals surface area contributed by atoms with Gasteiger partial charge in [-0.3, -0.25) is 9.59 Å². The van der Waals surface area contributed by atoms with Crippen molar-refractivity contribution in [3.05, 3.63) is 0 Å². The number of carboxylic acid groups (broad SMARTS) is 2. The summed E-state index contributed by atoms with van der Waals surface area (Å²) in [5.74, 6) is -3.35. The zero-order valence-corrected chi connectivity index (χ0v) is 15.5. The van der Waals surface area contributed by atoms with Crippen LogP contribution in [-0.2, 0) is 23.8 Å². The molecule has 0 aliphatic heterocycles. The van der Waals surface area contributed by atoms with Gasteiger partial charge in [-0.15, -0.1) is 0 Å². The van der Waals surface area contributed by atoms with E-state index < -0.39 is 38.7 Å². The molecule has 0 aromatic heterocycles. The minimum absolute atomic E-state index is 0.143. The molecule has 0 saturated heterocycles. The maximum absolute atomic E-state index is 11.9. The molecule has 0 aliphatic rings. The summed E-state index contributed by atoms with van der Waals surface area (Å²) < 4.78 is 17.3. The number of rotatable bonds is 11. The molecular formula is C13H27NO7Si. The molecule has 8 nitrogen and oxygen atoms in total. The van der Waals surface area contributed by atoms with Crippen molar-refractivity contribution in [2.24, 2.45) is 5.92 Å². The van der Waals surface area contributed by atoms with Crippen LogP contribution in [0, 0.1) is 5.92 Å². The van der Waals surface area contributed by atoms with Crippen molar-refractivity contribution in [3.63, 3.8) is 0 Å². The van der Waals surface area contributed by atoms with Crippen molar-refractivity contribution in [2.45, 2.75) is 37.8 Å². The molecule has 0 amide bonds. The first-order chi connectivity index (χ1) is 10.2. The van der Waals surface area contributed by atoms with Crippen molar-refractivity contribution >= 4 is 21.6 Å². The highest BCUT2D eigenvalue weighted by Crippen LogP contribution is 2.32. The number of methoxy groups -OCH3 is 3. The monoisotopic (exact) mass is 337 g/mol. The van der Waals surface area contributed by atoms with Crippen molar-refractivity contribution in [1.29, 1.82) is 0 Å². The van der Waals surface area contributed by atoms with Crippen LogP contribution in [0.25, 0.3) is 0 Å². The molecule has 0 aromatic rings. The van der Waals surface area contributed by atoms with Crippen LogP contribution >= 0.6 is 0 Å². The van der Waals surface area contributed by atoms with Crippen LogP contribution in [-0.4, -0.2) is 75.9 Å². The van der Waals surface area contributed by atoms with Gasteiger partial charge in [0.05, 0.1) is 5.92 Å². The number of hydrogen-bond acceptors (Lipinski definition) is 6. The van der Waals surface area contributed by atoms with Gasteiger partial charge in [0.15, 0.2) is 0 Å². The number of nitrogens with zero attached hydrogens (tertiary/aromatic N) is 1. The number of carbonyl (C=O) groups is 2. The molecule has 9 heteroatoms. The van der Waals surface area contributed by atoms with Gasteiger partial charge >= 0.3 is 11.9 Å². The zero-order valence-electron chi connectivity index (χ0n) is 14.1. The van der Waals surface area contributed by atoms with Crippen LogP contribution in [0.15, 0.2) is 0 Å². The van der Waals surface area contributed by atoms with Crippen LogP contribution in [0.4, 0.5) is 0 Å². The largest absolute Gasteiger partial charge is 0.481 e. The summed E-state index contributed by atoms with van der Waals surface area (Å²) in [6, 6.07) is 0. The lowest BCUT2D eigenvalue weighted by atomic mass is 9.80. The second-order valence-electron chi connectivity index (χ2n) is 5.03. The molecule has 1 unspecified atom stereocenters. The second kappa shape index (κ2) is 8.58. The fraction of sp³-hybridized carbons (Fsp3) is 0.846. The highest BCUT2D eigenvalue weighted by Gasteiger charge is 2.52. The average molecular weight is 337 g/mol. The van der Waals surface area contributed by atoms with Gasteiger partial charge in [-0.05, 0) is 19.9 Å². The zero-order chi connectivity index (χ0) is 17.6. The van der Waals surface area contributed by atoms with E-state index in [-0.39, 0.29) is 12.8 Å². The molecule has 0 radical (unpaired) electrons. The average Bonchev–Trinajstić information content (AvgIpc) is 2.49. The van der Waals surface area contributed by atoms with E-state index in [1.807, 2.05) is 0 Å². The van der Waals surface area contributed by atoms with Gasteiger partial charge in [0.25, 0.3) is 5.60 Å². The minimum Gasteiger partial charge on any atom is -0.481 e. The molecule has 0 aliphatic carbocycles. The minimum atomic E-state index is -1.58. The fourth-order valence-electron chi connectivity index (χ4n) is 2.84. The highest BCUT2D eigenvalue weighted by atomic mass is 28.2. The fourth-order valence-corrected chi connectivity index (χ4v) is 4.67. The molecule has 0 bridgehead atoms. The molecule has 0 spiro atoms. The quantitative estimate of drug-likeness (QED) is 0.398. The van der Waals surface area contributed by atoms with Gasteiger partial charge in [-0.1, -0.05) is 13.8 Å².